The van der Waals surface area contributed by atoms with Crippen LogP contribution in [0.4, 0.5) is 0 Å². The summed E-state index contributed by atoms with van der Waals surface area (Å²) in [5, 5.41) is 30.2. The molecule has 2 heterocycles. The first-order valence-electron chi connectivity index (χ1n) is 9.92. The number of nitrogens with zero attached hydrogens (tertiary/aromatic N) is 5. The van der Waals surface area contributed by atoms with Crippen molar-refractivity contribution in [2.24, 2.45) is 0 Å². The number of nitriles is 1. The van der Waals surface area contributed by atoms with E-state index in [9.17, 15) is 10.4 Å². The first kappa shape index (κ1) is 21.1. The van der Waals surface area contributed by atoms with Crippen LogP contribution in [0.3, 0.4) is 0 Å². The summed E-state index contributed by atoms with van der Waals surface area (Å²) in [6.07, 6.45) is 0.688. The van der Waals surface area contributed by atoms with Crippen LogP contribution in [0.25, 0.3) is 15.8 Å². The van der Waals surface area contributed by atoms with E-state index in [2.05, 4.69) is 33.4 Å². The summed E-state index contributed by atoms with van der Waals surface area (Å²) in [5.41, 5.74) is 2.19. The van der Waals surface area contributed by atoms with Gasteiger partial charge in [-0.1, -0.05) is 54.2 Å². The molecule has 1 unspecified atom stereocenters. The number of para-hydroxylation sites is 1. The molecular formula is C23H21N5OS2. The molecule has 4 rings (SSSR count). The molecule has 0 saturated carbocycles. The van der Waals surface area contributed by atoms with Crippen LogP contribution in [-0.2, 0) is 13.0 Å². The second-order valence-corrected chi connectivity index (χ2v) is 9.26. The van der Waals surface area contributed by atoms with Crippen LogP contribution in [0.1, 0.15) is 30.2 Å². The molecule has 0 radical (unpaired) electrons. The molecule has 2 aromatic heterocycles. The third kappa shape index (κ3) is 4.48. The Bertz CT molecular complexity index is 1240. The van der Waals surface area contributed by atoms with E-state index in [-0.39, 0.29) is 16.6 Å². The summed E-state index contributed by atoms with van der Waals surface area (Å²) in [6.45, 7) is 4.62. The standard InChI is InChI=1S/C23H21N5OS2/c1-3-28-20(13-16-9-5-4-6-10-16)26-27-23(28)30-15(2)21(29)17(14-24)22-25-18-11-7-8-12-19(18)31-22/h4-12,15,29H,3,13H2,1-2H3/b21-17-. The van der Waals surface area contributed by atoms with Crippen molar-refractivity contribution in [3.8, 4) is 6.07 Å². The van der Waals surface area contributed by atoms with Gasteiger partial charge < -0.3 is 9.67 Å². The largest absolute Gasteiger partial charge is 0.510 e. The van der Waals surface area contributed by atoms with Gasteiger partial charge in [0.25, 0.3) is 0 Å². The molecule has 0 aliphatic carbocycles. The molecular weight excluding hydrogens is 426 g/mol. The maximum Gasteiger partial charge on any atom is 0.191 e. The number of benzene rings is 2. The average Bonchev–Trinajstić information content (AvgIpc) is 3.38. The number of fused-ring (bicyclic) bond motifs is 1. The fourth-order valence-electron chi connectivity index (χ4n) is 3.24. The van der Waals surface area contributed by atoms with Crippen molar-refractivity contribution in [2.45, 2.75) is 37.2 Å². The van der Waals surface area contributed by atoms with E-state index in [0.717, 1.165) is 22.6 Å². The molecule has 0 saturated heterocycles. The van der Waals surface area contributed by atoms with E-state index in [0.29, 0.717) is 16.6 Å². The highest BCUT2D eigenvalue weighted by atomic mass is 32.2. The summed E-state index contributed by atoms with van der Waals surface area (Å²) in [7, 11) is 0. The van der Waals surface area contributed by atoms with Crippen LogP contribution in [-0.4, -0.2) is 30.1 Å². The summed E-state index contributed by atoms with van der Waals surface area (Å²) in [4.78, 5) is 4.51. The highest BCUT2D eigenvalue weighted by Gasteiger charge is 2.22. The van der Waals surface area contributed by atoms with Gasteiger partial charge in [-0.15, -0.1) is 21.5 Å². The fraction of sp³-hybridized carbons (Fsp3) is 0.217. The Kier molecular flexibility index (Phi) is 6.35. The second-order valence-electron chi connectivity index (χ2n) is 6.92. The number of thiazole rings is 1. The molecule has 156 valence electrons. The number of aromatic nitrogens is 4. The Morgan fingerprint density at radius 1 is 1.16 bits per heavy atom. The van der Waals surface area contributed by atoms with Crippen molar-refractivity contribution in [1.82, 2.24) is 19.7 Å². The molecule has 0 fully saturated rings. The lowest BCUT2D eigenvalue weighted by atomic mass is 10.1. The Morgan fingerprint density at radius 3 is 2.61 bits per heavy atom. The number of hydrogen-bond donors (Lipinski definition) is 1. The predicted octanol–water partition coefficient (Wildman–Crippen LogP) is 5.47. The van der Waals surface area contributed by atoms with Gasteiger partial charge in [0, 0.05) is 13.0 Å². The van der Waals surface area contributed by atoms with Crippen LogP contribution in [0.2, 0.25) is 0 Å². The quantitative estimate of drug-likeness (QED) is 0.230. The van der Waals surface area contributed by atoms with Crippen LogP contribution in [0.5, 0.6) is 0 Å². The maximum absolute atomic E-state index is 10.9. The van der Waals surface area contributed by atoms with E-state index < -0.39 is 0 Å². The Morgan fingerprint density at radius 2 is 1.90 bits per heavy atom. The minimum absolute atomic E-state index is 0.00168. The minimum atomic E-state index is -0.374. The molecule has 8 heteroatoms. The van der Waals surface area contributed by atoms with Gasteiger partial charge in [-0.3, -0.25) is 0 Å². The zero-order valence-corrected chi connectivity index (χ0v) is 18.8. The number of rotatable bonds is 7. The van der Waals surface area contributed by atoms with Crippen LogP contribution in [0.15, 0.2) is 65.5 Å². The molecule has 1 N–H and O–H groups in total. The molecule has 2 aromatic carbocycles. The first-order chi connectivity index (χ1) is 15.1. The third-order valence-corrected chi connectivity index (χ3v) is 7.00. The molecule has 0 spiro atoms. The van der Waals surface area contributed by atoms with Crippen molar-refractivity contribution >= 4 is 38.9 Å². The van der Waals surface area contributed by atoms with E-state index in [4.69, 9.17) is 0 Å². The highest BCUT2D eigenvalue weighted by Crippen LogP contribution is 2.33. The first-order valence-corrected chi connectivity index (χ1v) is 11.6. The Hall–Kier alpha value is -3.15. The van der Waals surface area contributed by atoms with E-state index in [1.807, 2.05) is 60.9 Å². The van der Waals surface area contributed by atoms with Crippen molar-refractivity contribution in [2.75, 3.05) is 0 Å². The molecule has 0 aliphatic rings. The lowest BCUT2D eigenvalue weighted by Gasteiger charge is -2.12. The smallest absolute Gasteiger partial charge is 0.191 e. The number of allylic oxidation sites excluding steroid dienone is 1. The molecule has 4 aromatic rings. The second kappa shape index (κ2) is 9.33. The molecule has 31 heavy (non-hydrogen) atoms. The van der Waals surface area contributed by atoms with E-state index in [1.54, 1.807) is 0 Å². The molecule has 6 nitrogen and oxygen atoms in total. The summed E-state index contributed by atoms with van der Waals surface area (Å²) >= 11 is 2.79. The molecule has 0 aliphatic heterocycles. The van der Waals surface area contributed by atoms with Gasteiger partial charge in [-0.2, -0.15) is 5.26 Å². The minimum Gasteiger partial charge on any atom is -0.510 e. The van der Waals surface area contributed by atoms with Crippen molar-refractivity contribution in [3.63, 3.8) is 0 Å². The van der Waals surface area contributed by atoms with E-state index >= 15 is 0 Å². The van der Waals surface area contributed by atoms with Crippen LogP contribution >= 0.6 is 23.1 Å². The lowest BCUT2D eigenvalue weighted by Crippen LogP contribution is -2.08. The zero-order chi connectivity index (χ0) is 21.8. The zero-order valence-electron chi connectivity index (χ0n) is 17.2. The topological polar surface area (TPSA) is 87.6 Å². The normalized spacial score (nSPS) is 13.1. The summed E-state index contributed by atoms with van der Waals surface area (Å²) < 4.78 is 3.03. The molecule has 0 amide bonds. The van der Waals surface area contributed by atoms with Gasteiger partial charge in [0.2, 0.25) is 0 Å². The van der Waals surface area contributed by atoms with Gasteiger partial charge >= 0.3 is 0 Å². The number of aliphatic hydroxyl groups is 1. The van der Waals surface area contributed by atoms with Crippen LogP contribution in [0, 0.1) is 11.3 Å². The van der Waals surface area contributed by atoms with Gasteiger partial charge in [-0.25, -0.2) is 4.98 Å². The number of thioether (sulfide) groups is 1. The Balaban J connectivity index is 1.59. The average molecular weight is 448 g/mol. The van der Waals surface area contributed by atoms with Gasteiger partial charge in [-0.05, 0) is 31.5 Å². The number of hydrogen-bond acceptors (Lipinski definition) is 7. The van der Waals surface area contributed by atoms with Crippen molar-refractivity contribution in [3.05, 3.63) is 76.8 Å². The van der Waals surface area contributed by atoms with Crippen molar-refractivity contribution < 1.29 is 5.11 Å². The van der Waals surface area contributed by atoms with Gasteiger partial charge in [0.1, 0.15) is 28.2 Å². The van der Waals surface area contributed by atoms with Crippen molar-refractivity contribution in [1.29, 1.82) is 5.26 Å². The Labute approximate surface area is 188 Å². The molecule has 0 bridgehead atoms. The third-order valence-electron chi connectivity index (χ3n) is 4.86. The lowest BCUT2D eigenvalue weighted by molar-refractivity contribution is 0.402. The van der Waals surface area contributed by atoms with E-state index in [1.165, 1.54) is 28.7 Å². The summed E-state index contributed by atoms with van der Waals surface area (Å²) in [5.74, 6) is 0.875. The highest BCUT2D eigenvalue weighted by molar-refractivity contribution is 7.99. The SMILES string of the molecule is CCn1c(Cc2ccccc2)nnc1SC(C)/C(O)=C(\C#N)c1nc2ccccc2s1. The fourth-order valence-corrected chi connectivity index (χ4v) is 5.21. The summed E-state index contributed by atoms with van der Waals surface area (Å²) in [6, 6.07) is 20.0. The number of aliphatic hydroxyl groups excluding tert-OH is 1. The van der Waals surface area contributed by atoms with Crippen LogP contribution < -0.4 is 0 Å². The predicted molar refractivity (Wildman–Crippen MR) is 125 cm³/mol. The molecule has 1 atom stereocenters. The van der Waals surface area contributed by atoms with Gasteiger partial charge in [0.05, 0.1) is 15.5 Å². The monoisotopic (exact) mass is 447 g/mol. The maximum atomic E-state index is 10.9. The van der Waals surface area contributed by atoms with Gasteiger partial charge in [0.15, 0.2) is 5.16 Å².